The number of rotatable bonds is 9. The molecule has 0 aliphatic heterocycles. The fourth-order valence-electron chi connectivity index (χ4n) is 2.65. The summed E-state index contributed by atoms with van der Waals surface area (Å²) < 4.78 is 0. The van der Waals surface area contributed by atoms with E-state index in [1.165, 1.54) is 50.6 Å². The van der Waals surface area contributed by atoms with E-state index in [-0.39, 0.29) is 0 Å². The van der Waals surface area contributed by atoms with Crippen molar-refractivity contribution in [1.82, 2.24) is 0 Å². The molecule has 0 amide bonds. The molecule has 0 radical (unpaired) electrons. The van der Waals surface area contributed by atoms with Gasteiger partial charge < -0.3 is 0 Å². The third kappa shape index (κ3) is 7.58. The molecule has 0 bridgehead atoms. The van der Waals surface area contributed by atoms with Crippen LogP contribution in [0.3, 0.4) is 0 Å². The van der Waals surface area contributed by atoms with E-state index in [0.29, 0.717) is 0 Å². The van der Waals surface area contributed by atoms with Gasteiger partial charge in [0.05, 0.1) is 0 Å². The summed E-state index contributed by atoms with van der Waals surface area (Å²) in [5, 5.41) is 2.15. The molecular weight excluding hydrogens is 340 g/mol. The second-order valence-electron chi connectivity index (χ2n) is 6.91. The maximum atomic E-state index is 2.41. The van der Waals surface area contributed by atoms with E-state index in [2.05, 4.69) is 75.6 Å². The van der Waals surface area contributed by atoms with Crippen molar-refractivity contribution in [2.75, 3.05) is 0 Å². The maximum absolute atomic E-state index is 2.41. The van der Waals surface area contributed by atoms with Gasteiger partial charge in [0, 0.05) is 14.6 Å². The standard InChI is InChI=1S/C23H30S2/c1-18(2)8-5-9-19(3)10-6-11-20(4)13-14-21-15-16-23(25-21)22-12-7-17-24-22/h7-8,10,12-13,15-17H,5-6,9,11,14H2,1-4H3/b19-10+,20-13+. The van der Waals surface area contributed by atoms with E-state index in [1.54, 1.807) is 0 Å². The minimum absolute atomic E-state index is 1.06. The SMILES string of the molecule is CC(C)=CCC/C(C)=C/CC/C(C)=C/Cc1ccc(-c2cccs2)s1. The minimum atomic E-state index is 1.06. The largest absolute Gasteiger partial charge is 0.143 e. The van der Waals surface area contributed by atoms with Crippen LogP contribution in [0.1, 0.15) is 58.3 Å². The third-order valence-corrected chi connectivity index (χ3v) is 6.37. The monoisotopic (exact) mass is 370 g/mol. The Bertz CT molecular complexity index is 720. The van der Waals surface area contributed by atoms with Crippen LogP contribution in [-0.2, 0) is 6.42 Å². The zero-order valence-electron chi connectivity index (χ0n) is 16.0. The molecule has 134 valence electrons. The fourth-order valence-corrected chi connectivity index (χ4v) is 4.46. The Kier molecular flexibility index (Phi) is 8.43. The Morgan fingerprint density at radius 3 is 2.24 bits per heavy atom. The first-order valence-electron chi connectivity index (χ1n) is 9.12. The summed E-state index contributed by atoms with van der Waals surface area (Å²) in [5.74, 6) is 0. The highest BCUT2D eigenvalue weighted by molar-refractivity contribution is 7.21. The van der Waals surface area contributed by atoms with Crippen molar-refractivity contribution in [3.05, 3.63) is 69.5 Å². The van der Waals surface area contributed by atoms with E-state index in [9.17, 15) is 0 Å². The first-order chi connectivity index (χ1) is 12.0. The molecule has 0 aromatic carbocycles. The van der Waals surface area contributed by atoms with Crippen molar-refractivity contribution in [2.45, 2.75) is 59.8 Å². The molecule has 2 aromatic heterocycles. The average molecular weight is 371 g/mol. The molecule has 0 N–H and O–H groups in total. The predicted molar refractivity (Wildman–Crippen MR) is 117 cm³/mol. The molecule has 0 nitrogen and oxygen atoms in total. The molecule has 2 heteroatoms. The number of hydrogen-bond donors (Lipinski definition) is 0. The molecule has 0 spiro atoms. The van der Waals surface area contributed by atoms with Crippen LogP contribution < -0.4 is 0 Å². The van der Waals surface area contributed by atoms with Crippen molar-refractivity contribution in [3.8, 4) is 9.75 Å². The van der Waals surface area contributed by atoms with Gasteiger partial charge in [0.15, 0.2) is 0 Å². The molecule has 0 fully saturated rings. The van der Waals surface area contributed by atoms with Gasteiger partial charge in [0.2, 0.25) is 0 Å². The van der Waals surface area contributed by atoms with E-state index >= 15 is 0 Å². The summed E-state index contributed by atoms with van der Waals surface area (Å²) in [6.45, 7) is 8.87. The van der Waals surface area contributed by atoms with E-state index in [1.807, 2.05) is 22.7 Å². The first kappa shape index (κ1) is 19.9. The quantitative estimate of drug-likeness (QED) is 0.388. The van der Waals surface area contributed by atoms with Crippen molar-refractivity contribution in [3.63, 3.8) is 0 Å². The summed E-state index contributed by atoms with van der Waals surface area (Å²) in [5.41, 5.74) is 4.44. The number of thiophene rings is 2. The van der Waals surface area contributed by atoms with Gasteiger partial charge in [0.1, 0.15) is 0 Å². The molecular formula is C23H30S2. The molecule has 0 saturated heterocycles. The minimum Gasteiger partial charge on any atom is -0.143 e. The van der Waals surface area contributed by atoms with Gasteiger partial charge in [0.25, 0.3) is 0 Å². The molecule has 2 heterocycles. The maximum Gasteiger partial charge on any atom is 0.0445 e. The second-order valence-corrected chi connectivity index (χ2v) is 9.02. The van der Waals surface area contributed by atoms with Crippen LogP contribution in [-0.4, -0.2) is 0 Å². The molecule has 0 saturated carbocycles. The van der Waals surface area contributed by atoms with Crippen LogP contribution >= 0.6 is 22.7 Å². The topological polar surface area (TPSA) is 0 Å². The van der Waals surface area contributed by atoms with Crippen molar-refractivity contribution < 1.29 is 0 Å². The van der Waals surface area contributed by atoms with E-state index in [0.717, 1.165) is 12.8 Å². The number of allylic oxidation sites excluding steroid dienone is 6. The lowest BCUT2D eigenvalue weighted by Gasteiger charge is -2.01. The van der Waals surface area contributed by atoms with Gasteiger partial charge in [-0.25, -0.2) is 0 Å². The Hall–Kier alpha value is -1.38. The summed E-state index contributed by atoms with van der Waals surface area (Å²) in [6, 6.07) is 8.86. The summed E-state index contributed by atoms with van der Waals surface area (Å²) in [4.78, 5) is 4.23. The molecule has 0 atom stereocenters. The Morgan fingerprint density at radius 1 is 0.840 bits per heavy atom. The Balaban J connectivity index is 1.75. The lowest BCUT2D eigenvalue weighted by Crippen LogP contribution is -1.82. The van der Waals surface area contributed by atoms with Gasteiger partial charge in [-0.2, -0.15) is 0 Å². The molecule has 2 rings (SSSR count). The van der Waals surface area contributed by atoms with E-state index in [4.69, 9.17) is 0 Å². The Labute approximate surface area is 161 Å². The predicted octanol–water partition coefficient (Wildman–Crippen LogP) is 8.44. The van der Waals surface area contributed by atoms with Crippen molar-refractivity contribution in [2.24, 2.45) is 0 Å². The zero-order chi connectivity index (χ0) is 18.1. The van der Waals surface area contributed by atoms with Crippen LogP contribution in [0.2, 0.25) is 0 Å². The molecule has 2 aromatic rings. The first-order valence-corrected chi connectivity index (χ1v) is 10.8. The molecule has 25 heavy (non-hydrogen) atoms. The summed E-state index contributed by atoms with van der Waals surface area (Å²) in [7, 11) is 0. The van der Waals surface area contributed by atoms with Gasteiger partial charge in [-0.15, -0.1) is 22.7 Å². The highest BCUT2D eigenvalue weighted by Gasteiger charge is 2.02. The van der Waals surface area contributed by atoms with Crippen LogP contribution in [0.15, 0.2) is 64.6 Å². The fraction of sp³-hybridized carbons (Fsp3) is 0.391. The number of hydrogen-bond acceptors (Lipinski definition) is 2. The lowest BCUT2D eigenvalue weighted by atomic mass is 10.1. The van der Waals surface area contributed by atoms with Crippen LogP contribution in [0.25, 0.3) is 9.75 Å². The van der Waals surface area contributed by atoms with Crippen LogP contribution in [0, 0.1) is 0 Å². The normalized spacial score (nSPS) is 12.5. The highest BCUT2D eigenvalue weighted by Crippen LogP contribution is 2.31. The smallest absolute Gasteiger partial charge is 0.0445 e. The van der Waals surface area contributed by atoms with Gasteiger partial charge in [-0.3, -0.25) is 0 Å². The van der Waals surface area contributed by atoms with Crippen molar-refractivity contribution >= 4 is 22.7 Å². The van der Waals surface area contributed by atoms with Crippen LogP contribution in [0.4, 0.5) is 0 Å². The molecule has 0 unspecified atom stereocenters. The lowest BCUT2D eigenvalue weighted by molar-refractivity contribution is 0.915. The van der Waals surface area contributed by atoms with E-state index < -0.39 is 0 Å². The third-order valence-electron chi connectivity index (χ3n) is 4.20. The molecule has 0 aliphatic rings. The summed E-state index contributed by atoms with van der Waals surface area (Å²) >= 11 is 3.74. The summed E-state index contributed by atoms with van der Waals surface area (Å²) in [6.07, 6.45) is 12.9. The van der Waals surface area contributed by atoms with Crippen molar-refractivity contribution in [1.29, 1.82) is 0 Å². The van der Waals surface area contributed by atoms with Crippen LogP contribution in [0.5, 0.6) is 0 Å². The highest BCUT2D eigenvalue weighted by atomic mass is 32.1. The second kappa shape index (κ2) is 10.6. The van der Waals surface area contributed by atoms with Gasteiger partial charge in [-0.05, 0) is 83.4 Å². The Morgan fingerprint density at radius 2 is 1.56 bits per heavy atom. The van der Waals surface area contributed by atoms with Gasteiger partial charge in [-0.1, -0.05) is 41.0 Å². The van der Waals surface area contributed by atoms with Gasteiger partial charge >= 0.3 is 0 Å². The average Bonchev–Trinajstić information content (AvgIpc) is 3.24. The zero-order valence-corrected chi connectivity index (χ0v) is 17.6. The molecule has 0 aliphatic carbocycles.